The minimum absolute atomic E-state index is 0.316. The number of rotatable bonds is 2. The van der Waals surface area contributed by atoms with Crippen molar-refractivity contribution >= 4 is 0 Å². The Kier molecular flexibility index (Phi) is 3.41. The molecule has 94 valence electrons. The van der Waals surface area contributed by atoms with Gasteiger partial charge in [0.1, 0.15) is 0 Å². The van der Waals surface area contributed by atoms with E-state index >= 15 is 0 Å². The normalized spacial score (nSPS) is 27.2. The molecule has 0 radical (unpaired) electrons. The molecule has 4 heteroatoms. The molecule has 0 aromatic carbocycles. The van der Waals surface area contributed by atoms with Gasteiger partial charge in [0.2, 0.25) is 5.89 Å². The Hall–Kier alpha value is -0.900. The second-order valence-electron chi connectivity index (χ2n) is 5.33. The van der Waals surface area contributed by atoms with E-state index < -0.39 is 0 Å². The SMILES string of the molecule is C1CCNC(c2noc(C3CCCC3)n2)CC1. The Labute approximate surface area is 102 Å². The van der Waals surface area contributed by atoms with Crippen LogP contribution >= 0.6 is 0 Å². The molecule has 1 aliphatic carbocycles. The Morgan fingerprint density at radius 1 is 1.00 bits per heavy atom. The molecule has 0 amide bonds. The molecule has 2 heterocycles. The highest BCUT2D eigenvalue weighted by molar-refractivity contribution is 5.00. The molecule has 1 N–H and O–H groups in total. The van der Waals surface area contributed by atoms with E-state index in [0.717, 1.165) is 24.7 Å². The summed E-state index contributed by atoms with van der Waals surface area (Å²) in [5, 5.41) is 7.69. The van der Waals surface area contributed by atoms with Crippen molar-refractivity contribution < 1.29 is 4.52 Å². The van der Waals surface area contributed by atoms with Gasteiger partial charge in [0.05, 0.1) is 6.04 Å². The zero-order valence-corrected chi connectivity index (χ0v) is 10.3. The second kappa shape index (κ2) is 5.17. The molecule has 17 heavy (non-hydrogen) atoms. The average molecular weight is 235 g/mol. The van der Waals surface area contributed by atoms with Gasteiger partial charge in [-0.25, -0.2) is 0 Å². The van der Waals surface area contributed by atoms with Crippen LogP contribution in [0.1, 0.15) is 75.0 Å². The van der Waals surface area contributed by atoms with E-state index in [1.165, 1.54) is 44.9 Å². The van der Waals surface area contributed by atoms with Crippen LogP contribution in [0.4, 0.5) is 0 Å². The first-order valence-corrected chi connectivity index (χ1v) is 7.00. The molecule has 1 atom stereocenters. The van der Waals surface area contributed by atoms with Crippen molar-refractivity contribution in [3.63, 3.8) is 0 Å². The smallest absolute Gasteiger partial charge is 0.229 e. The van der Waals surface area contributed by atoms with Crippen LogP contribution in [0.2, 0.25) is 0 Å². The number of nitrogens with one attached hydrogen (secondary N) is 1. The van der Waals surface area contributed by atoms with E-state index in [1.54, 1.807) is 0 Å². The first kappa shape index (κ1) is 11.2. The van der Waals surface area contributed by atoms with Crippen LogP contribution in [0.5, 0.6) is 0 Å². The predicted octanol–water partition coefficient (Wildman–Crippen LogP) is 2.93. The zero-order valence-electron chi connectivity index (χ0n) is 10.3. The summed E-state index contributed by atoms with van der Waals surface area (Å²) in [5.74, 6) is 2.29. The van der Waals surface area contributed by atoms with Crippen LogP contribution in [0.15, 0.2) is 4.52 Å². The Morgan fingerprint density at radius 3 is 2.71 bits per heavy atom. The third-order valence-electron chi connectivity index (χ3n) is 4.03. The lowest BCUT2D eigenvalue weighted by Crippen LogP contribution is -2.21. The monoisotopic (exact) mass is 235 g/mol. The molecular weight excluding hydrogens is 214 g/mol. The largest absolute Gasteiger partial charge is 0.339 e. The van der Waals surface area contributed by atoms with E-state index in [-0.39, 0.29) is 0 Å². The van der Waals surface area contributed by atoms with Crippen LogP contribution < -0.4 is 5.32 Å². The first-order chi connectivity index (χ1) is 8.43. The number of nitrogens with zero attached hydrogens (tertiary/aromatic N) is 2. The fourth-order valence-corrected chi connectivity index (χ4v) is 2.98. The molecule has 2 aliphatic rings. The molecule has 1 unspecified atom stereocenters. The average Bonchev–Trinajstić information content (AvgIpc) is 2.95. The highest BCUT2D eigenvalue weighted by Gasteiger charge is 2.25. The van der Waals surface area contributed by atoms with Crippen LogP contribution in [0.3, 0.4) is 0 Å². The lowest BCUT2D eigenvalue weighted by atomic mass is 10.1. The Balaban J connectivity index is 1.70. The van der Waals surface area contributed by atoms with Gasteiger partial charge < -0.3 is 9.84 Å². The summed E-state index contributed by atoms with van der Waals surface area (Å²) in [7, 11) is 0. The van der Waals surface area contributed by atoms with Gasteiger partial charge in [-0.05, 0) is 32.2 Å². The highest BCUT2D eigenvalue weighted by atomic mass is 16.5. The summed E-state index contributed by atoms with van der Waals surface area (Å²) >= 11 is 0. The molecule has 0 bridgehead atoms. The van der Waals surface area contributed by atoms with Gasteiger partial charge in [0, 0.05) is 5.92 Å². The number of hydrogen-bond donors (Lipinski definition) is 1. The highest BCUT2D eigenvalue weighted by Crippen LogP contribution is 2.33. The van der Waals surface area contributed by atoms with E-state index in [0.29, 0.717) is 12.0 Å². The van der Waals surface area contributed by atoms with Crippen molar-refractivity contribution in [3.8, 4) is 0 Å². The molecule has 1 aliphatic heterocycles. The van der Waals surface area contributed by atoms with Crippen molar-refractivity contribution in [3.05, 3.63) is 11.7 Å². The molecule has 1 saturated heterocycles. The van der Waals surface area contributed by atoms with Gasteiger partial charge >= 0.3 is 0 Å². The molecule has 2 fully saturated rings. The van der Waals surface area contributed by atoms with Gasteiger partial charge in [-0.2, -0.15) is 4.98 Å². The maximum absolute atomic E-state index is 5.44. The van der Waals surface area contributed by atoms with Gasteiger partial charge in [-0.1, -0.05) is 30.8 Å². The van der Waals surface area contributed by atoms with Crippen LogP contribution in [0.25, 0.3) is 0 Å². The van der Waals surface area contributed by atoms with Crippen LogP contribution in [-0.4, -0.2) is 16.7 Å². The fourth-order valence-electron chi connectivity index (χ4n) is 2.98. The third kappa shape index (κ3) is 2.51. The van der Waals surface area contributed by atoms with Crippen LogP contribution in [-0.2, 0) is 0 Å². The van der Waals surface area contributed by atoms with Gasteiger partial charge in [0.25, 0.3) is 0 Å². The number of aromatic nitrogens is 2. The molecule has 1 saturated carbocycles. The predicted molar refractivity (Wildman–Crippen MR) is 64.7 cm³/mol. The standard InChI is InChI=1S/C13H21N3O/c1-2-8-11(14-9-5-1)12-15-13(17-16-12)10-6-3-4-7-10/h10-11,14H,1-9H2. The van der Waals surface area contributed by atoms with E-state index in [9.17, 15) is 0 Å². The van der Waals surface area contributed by atoms with Gasteiger partial charge in [-0.15, -0.1) is 0 Å². The lowest BCUT2D eigenvalue weighted by Gasteiger charge is -2.10. The van der Waals surface area contributed by atoms with Crippen LogP contribution in [0, 0.1) is 0 Å². The lowest BCUT2D eigenvalue weighted by molar-refractivity contribution is 0.344. The molecule has 4 nitrogen and oxygen atoms in total. The van der Waals surface area contributed by atoms with Gasteiger partial charge in [0.15, 0.2) is 5.82 Å². The molecule has 1 aromatic heterocycles. The van der Waals surface area contributed by atoms with Gasteiger partial charge in [-0.3, -0.25) is 0 Å². The van der Waals surface area contributed by atoms with Crippen molar-refractivity contribution in [2.45, 2.75) is 63.3 Å². The summed E-state index contributed by atoms with van der Waals surface area (Å²) in [4.78, 5) is 4.62. The van der Waals surface area contributed by atoms with Crippen molar-refractivity contribution in [2.24, 2.45) is 0 Å². The van der Waals surface area contributed by atoms with Crippen molar-refractivity contribution in [1.82, 2.24) is 15.5 Å². The van der Waals surface area contributed by atoms with E-state index in [2.05, 4.69) is 15.5 Å². The van der Waals surface area contributed by atoms with E-state index in [4.69, 9.17) is 4.52 Å². The molecular formula is C13H21N3O. The Bertz CT molecular complexity index is 349. The summed E-state index contributed by atoms with van der Waals surface area (Å²) in [6, 6.07) is 0.316. The quantitative estimate of drug-likeness (QED) is 0.856. The zero-order chi connectivity index (χ0) is 11.5. The maximum Gasteiger partial charge on any atom is 0.229 e. The topological polar surface area (TPSA) is 51.0 Å². The minimum atomic E-state index is 0.316. The van der Waals surface area contributed by atoms with Crippen molar-refractivity contribution in [1.29, 1.82) is 0 Å². The van der Waals surface area contributed by atoms with Crippen molar-refractivity contribution in [2.75, 3.05) is 6.54 Å². The summed E-state index contributed by atoms with van der Waals surface area (Å²) < 4.78 is 5.44. The molecule has 3 rings (SSSR count). The summed E-state index contributed by atoms with van der Waals surface area (Å²) in [6.07, 6.45) is 10.1. The Morgan fingerprint density at radius 2 is 1.82 bits per heavy atom. The second-order valence-corrected chi connectivity index (χ2v) is 5.33. The van der Waals surface area contributed by atoms with E-state index in [1.807, 2.05) is 0 Å². The number of hydrogen-bond acceptors (Lipinski definition) is 4. The fraction of sp³-hybridized carbons (Fsp3) is 0.846. The third-order valence-corrected chi connectivity index (χ3v) is 4.03. The summed E-state index contributed by atoms with van der Waals surface area (Å²) in [5.41, 5.74) is 0. The summed E-state index contributed by atoms with van der Waals surface area (Å²) in [6.45, 7) is 1.08. The minimum Gasteiger partial charge on any atom is -0.339 e. The molecule has 0 spiro atoms. The first-order valence-electron chi connectivity index (χ1n) is 7.00. The maximum atomic E-state index is 5.44. The molecule has 1 aromatic rings.